The van der Waals surface area contributed by atoms with Crippen LogP contribution in [-0.4, -0.2) is 36.6 Å². The van der Waals surface area contributed by atoms with Crippen LogP contribution in [0.5, 0.6) is 0 Å². The molecular weight excluding hydrogens is 316 g/mol. The van der Waals surface area contributed by atoms with Gasteiger partial charge in [0.15, 0.2) is 0 Å². The number of nitriles is 1. The Morgan fingerprint density at radius 2 is 1.28 bits per heavy atom. The molecule has 0 aliphatic carbocycles. The quantitative estimate of drug-likeness (QED) is 0.558. The highest BCUT2D eigenvalue weighted by atomic mass is 16.7. The van der Waals surface area contributed by atoms with Gasteiger partial charge in [0.25, 0.3) is 0 Å². The average Bonchev–Trinajstić information content (AvgIpc) is 2.77. The van der Waals surface area contributed by atoms with Crippen molar-refractivity contribution in [3.63, 3.8) is 0 Å². The standard InChI is InChI=1S/C18H31B2NO4/c1-15(2)16(3,4)23-19(22-15)13-14(11-9-10-12-21)20-24-17(5,6)18(7,8)25-20/h13H,9-11H2,1-8H3/b14-13-. The van der Waals surface area contributed by atoms with Gasteiger partial charge in [-0.05, 0) is 73.7 Å². The second-order valence-corrected chi connectivity index (χ2v) is 8.97. The molecule has 2 aliphatic rings. The number of unbranched alkanes of at least 4 members (excludes halogenated alkanes) is 1. The van der Waals surface area contributed by atoms with Gasteiger partial charge in [-0.1, -0.05) is 5.98 Å². The molecule has 0 radical (unpaired) electrons. The lowest BCUT2D eigenvalue weighted by molar-refractivity contribution is 0.00578. The van der Waals surface area contributed by atoms with Crippen molar-refractivity contribution in [1.29, 1.82) is 5.26 Å². The summed E-state index contributed by atoms with van der Waals surface area (Å²) in [6.45, 7) is 16.3. The minimum Gasteiger partial charge on any atom is -0.400 e. The van der Waals surface area contributed by atoms with E-state index in [4.69, 9.17) is 23.9 Å². The second-order valence-electron chi connectivity index (χ2n) is 8.97. The van der Waals surface area contributed by atoms with Gasteiger partial charge in [-0.25, -0.2) is 0 Å². The average molecular weight is 347 g/mol. The van der Waals surface area contributed by atoms with E-state index in [2.05, 4.69) is 6.07 Å². The molecule has 2 fully saturated rings. The van der Waals surface area contributed by atoms with Gasteiger partial charge in [0, 0.05) is 6.42 Å². The Hall–Kier alpha value is -0.800. The molecule has 7 heteroatoms. The van der Waals surface area contributed by atoms with Crippen LogP contribution in [0, 0.1) is 11.3 Å². The molecule has 0 unspecified atom stereocenters. The number of rotatable bonds is 5. The Morgan fingerprint density at radius 1 is 0.840 bits per heavy atom. The van der Waals surface area contributed by atoms with Crippen LogP contribution in [0.4, 0.5) is 0 Å². The smallest absolute Gasteiger partial charge is 0.400 e. The summed E-state index contributed by atoms with van der Waals surface area (Å²) in [5, 5.41) is 8.85. The van der Waals surface area contributed by atoms with Gasteiger partial charge in [-0.2, -0.15) is 5.26 Å². The highest BCUT2D eigenvalue weighted by molar-refractivity contribution is 6.60. The number of hydrogen-bond acceptors (Lipinski definition) is 5. The summed E-state index contributed by atoms with van der Waals surface area (Å²) in [5.74, 6) is 1.97. The summed E-state index contributed by atoms with van der Waals surface area (Å²) in [6, 6.07) is 2.19. The van der Waals surface area contributed by atoms with Gasteiger partial charge < -0.3 is 18.6 Å². The topological polar surface area (TPSA) is 60.7 Å². The summed E-state index contributed by atoms with van der Waals surface area (Å²) in [6.07, 6.45) is 1.97. The molecule has 0 aromatic heterocycles. The van der Waals surface area contributed by atoms with Gasteiger partial charge in [0.1, 0.15) is 0 Å². The molecule has 2 heterocycles. The Kier molecular flexibility index (Phi) is 5.53. The zero-order chi connectivity index (χ0) is 19.1. The van der Waals surface area contributed by atoms with Crippen molar-refractivity contribution in [2.24, 2.45) is 0 Å². The molecule has 0 aromatic carbocycles. The van der Waals surface area contributed by atoms with E-state index in [9.17, 15) is 0 Å². The maximum Gasteiger partial charge on any atom is 0.489 e. The molecule has 25 heavy (non-hydrogen) atoms. The zero-order valence-corrected chi connectivity index (χ0v) is 16.9. The van der Waals surface area contributed by atoms with E-state index >= 15 is 0 Å². The summed E-state index contributed by atoms with van der Waals surface area (Å²) < 4.78 is 24.6. The third kappa shape index (κ3) is 4.14. The molecule has 0 aromatic rings. The first-order chi connectivity index (χ1) is 11.3. The van der Waals surface area contributed by atoms with E-state index in [0.29, 0.717) is 12.8 Å². The number of nitrogens with zero attached hydrogens (tertiary/aromatic N) is 1. The van der Waals surface area contributed by atoms with Crippen LogP contribution in [0.15, 0.2) is 11.4 Å². The molecule has 0 amide bonds. The van der Waals surface area contributed by atoms with E-state index < -0.39 is 25.4 Å². The highest BCUT2D eigenvalue weighted by Crippen LogP contribution is 2.41. The van der Waals surface area contributed by atoms with E-state index in [0.717, 1.165) is 11.9 Å². The number of hydrogen-bond donors (Lipinski definition) is 0. The Labute approximate surface area is 153 Å². The lowest BCUT2D eigenvalue weighted by atomic mass is 9.69. The first kappa shape index (κ1) is 20.5. The molecular formula is C18H31B2NO4. The van der Waals surface area contributed by atoms with Crippen LogP contribution in [0.2, 0.25) is 0 Å². The Morgan fingerprint density at radius 3 is 1.72 bits per heavy atom. The molecule has 2 saturated heterocycles. The maximum atomic E-state index is 8.85. The fraction of sp³-hybridized carbons (Fsp3) is 0.833. The third-order valence-electron chi connectivity index (χ3n) is 5.93. The summed E-state index contributed by atoms with van der Waals surface area (Å²) in [4.78, 5) is 0. The van der Waals surface area contributed by atoms with Crippen LogP contribution in [0.1, 0.15) is 74.7 Å². The van der Waals surface area contributed by atoms with Crippen molar-refractivity contribution >= 4 is 14.2 Å². The third-order valence-corrected chi connectivity index (χ3v) is 5.93. The summed E-state index contributed by atoms with van der Waals surface area (Å²) in [7, 11) is -0.885. The monoisotopic (exact) mass is 347 g/mol. The summed E-state index contributed by atoms with van der Waals surface area (Å²) >= 11 is 0. The van der Waals surface area contributed by atoms with Gasteiger partial charge in [-0.3, -0.25) is 0 Å². The maximum absolute atomic E-state index is 8.85. The van der Waals surface area contributed by atoms with Crippen molar-refractivity contribution in [3.05, 3.63) is 11.4 Å². The Bertz CT molecular complexity index is 546. The van der Waals surface area contributed by atoms with Gasteiger partial charge >= 0.3 is 14.2 Å². The van der Waals surface area contributed by atoms with E-state index in [-0.39, 0.29) is 11.2 Å². The van der Waals surface area contributed by atoms with Gasteiger partial charge in [0.05, 0.1) is 28.5 Å². The lowest BCUT2D eigenvalue weighted by Crippen LogP contribution is -2.41. The molecule has 0 bridgehead atoms. The summed E-state index contributed by atoms with van der Waals surface area (Å²) in [5.41, 5.74) is -0.597. The predicted octanol–water partition coefficient (Wildman–Crippen LogP) is 3.87. The first-order valence-electron chi connectivity index (χ1n) is 9.10. The molecule has 0 spiro atoms. The van der Waals surface area contributed by atoms with E-state index in [1.807, 2.05) is 61.4 Å². The van der Waals surface area contributed by atoms with Crippen LogP contribution in [0.3, 0.4) is 0 Å². The van der Waals surface area contributed by atoms with Crippen LogP contribution in [-0.2, 0) is 18.6 Å². The number of allylic oxidation sites excluding steroid dienone is 1. The second kappa shape index (κ2) is 6.74. The fourth-order valence-electron chi connectivity index (χ4n) is 2.78. The molecule has 138 valence electrons. The molecule has 2 rings (SSSR count). The van der Waals surface area contributed by atoms with Gasteiger partial charge in [0.2, 0.25) is 0 Å². The molecule has 2 aliphatic heterocycles. The highest BCUT2D eigenvalue weighted by Gasteiger charge is 2.54. The first-order valence-corrected chi connectivity index (χ1v) is 9.10. The van der Waals surface area contributed by atoms with Gasteiger partial charge in [-0.15, -0.1) is 0 Å². The van der Waals surface area contributed by atoms with E-state index in [1.54, 1.807) is 0 Å². The van der Waals surface area contributed by atoms with E-state index in [1.165, 1.54) is 0 Å². The predicted molar refractivity (Wildman–Crippen MR) is 99.7 cm³/mol. The molecule has 5 nitrogen and oxygen atoms in total. The van der Waals surface area contributed by atoms with Crippen molar-refractivity contribution in [2.45, 2.75) is 97.1 Å². The van der Waals surface area contributed by atoms with Crippen LogP contribution < -0.4 is 0 Å². The van der Waals surface area contributed by atoms with Crippen molar-refractivity contribution in [3.8, 4) is 6.07 Å². The minimum absolute atomic E-state index is 0.387. The van der Waals surface area contributed by atoms with Crippen molar-refractivity contribution < 1.29 is 18.6 Å². The van der Waals surface area contributed by atoms with Crippen LogP contribution >= 0.6 is 0 Å². The lowest BCUT2D eigenvalue weighted by Gasteiger charge is -2.32. The molecule has 0 N–H and O–H groups in total. The SMILES string of the molecule is CC1(C)OB(/C=C(/CCCC#N)B2OC(C)(C)C(C)(C)O2)OC1(C)C. The van der Waals surface area contributed by atoms with Crippen molar-refractivity contribution in [1.82, 2.24) is 0 Å². The van der Waals surface area contributed by atoms with Crippen LogP contribution in [0.25, 0.3) is 0 Å². The minimum atomic E-state index is -0.443. The molecule has 0 saturated carbocycles. The Balaban J connectivity index is 2.22. The zero-order valence-electron chi connectivity index (χ0n) is 16.9. The molecule has 0 atom stereocenters. The van der Waals surface area contributed by atoms with Crippen molar-refractivity contribution in [2.75, 3.05) is 0 Å². The normalized spacial score (nSPS) is 26.8. The fourth-order valence-corrected chi connectivity index (χ4v) is 2.78. The largest absolute Gasteiger partial charge is 0.489 e.